The zero-order valence-corrected chi connectivity index (χ0v) is 15.1. The molecule has 5 nitrogen and oxygen atoms in total. The first kappa shape index (κ1) is 17.6. The highest BCUT2D eigenvalue weighted by Gasteiger charge is 2.55. The van der Waals surface area contributed by atoms with Crippen LogP contribution in [0.3, 0.4) is 0 Å². The number of benzene rings is 1. The molecule has 4 atom stereocenters. The quantitative estimate of drug-likeness (QED) is 0.863. The van der Waals surface area contributed by atoms with Crippen LogP contribution in [-0.2, 0) is 16.1 Å². The molecule has 1 aromatic carbocycles. The molecular formula is C20H22ClNO4. The number of piperidine rings is 1. The number of ether oxygens (including phenoxy) is 2. The molecule has 0 radical (unpaired) electrons. The number of hydrogen-bond donors (Lipinski definition) is 1. The Morgan fingerprint density at radius 3 is 2.96 bits per heavy atom. The number of aliphatic hydroxyl groups is 1. The molecule has 1 amide bonds. The number of fused-ring (bicyclic) bond motifs is 2. The maximum Gasteiger partial charge on any atom is 0.410 e. The van der Waals surface area contributed by atoms with Crippen LogP contribution in [0.25, 0.3) is 0 Å². The van der Waals surface area contributed by atoms with Crippen molar-refractivity contribution in [3.05, 3.63) is 59.2 Å². The van der Waals surface area contributed by atoms with E-state index in [1.165, 1.54) is 0 Å². The molecule has 4 rings (SSSR count). The number of carbonyl (C=O) groups excluding carboxylic acids is 1. The number of likely N-dealkylation sites (tertiary alicyclic amines) is 1. The lowest BCUT2D eigenvalue weighted by Gasteiger charge is -2.45. The molecular weight excluding hydrogens is 354 g/mol. The lowest BCUT2D eigenvalue weighted by molar-refractivity contribution is -0.0575. The number of nitrogens with zero attached hydrogens (tertiary/aromatic N) is 1. The Labute approximate surface area is 157 Å². The second-order valence-electron chi connectivity index (χ2n) is 7.20. The van der Waals surface area contributed by atoms with Gasteiger partial charge in [0.2, 0.25) is 0 Å². The summed E-state index contributed by atoms with van der Waals surface area (Å²) in [5, 5.41) is 11.5. The molecule has 3 aliphatic rings. The van der Waals surface area contributed by atoms with Gasteiger partial charge in [0.25, 0.3) is 0 Å². The van der Waals surface area contributed by atoms with Crippen LogP contribution in [-0.4, -0.2) is 48.0 Å². The summed E-state index contributed by atoms with van der Waals surface area (Å²) >= 11 is 6.06. The van der Waals surface area contributed by atoms with E-state index in [1.54, 1.807) is 4.90 Å². The molecule has 2 saturated heterocycles. The van der Waals surface area contributed by atoms with E-state index in [4.69, 9.17) is 21.1 Å². The third kappa shape index (κ3) is 3.15. The highest BCUT2D eigenvalue weighted by atomic mass is 35.5. The van der Waals surface area contributed by atoms with Crippen molar-refractivity contribution >= 4 is 17.7 Å². The number of halogens is 1. The summed E-state index contributed by atoms with van der Waals surface area (Å²) in [7, 11) is 0. The predicted octanol–water partition coefficient (Wildman–Crippen LogP) is 3.08. The van der Waals surface area contributed by atoms with Gasteiger partial charge in [0, 0.05) is 22.9 Å². The minimum atomic E-state index is -0.662. The van der Waals surface area contributed by atoms with Gasteiger partial charge in [-0.2, -0.15) is 0 Å². The predicted molar refractivity (Wildman–Crippen MR) is 97.6 cm³/mol. The summed E-state index contributed by atoms with van der Waals surface area (Å²) in [5.74, 6) is 0.0856. The summed E-state index contributed by atoms with van der Waals surface area (Å²) in [6.07, 6.45) is 5.32. The van der Waals surface area contributed by atoms with Crippen molar-refractivity contribution in [1.82, 2.24) is 4.90 Å². The van der Waals surface area contributed by atoms with Crippen LogP contribution in [0.1, 0.15) is 12.0 Å². The van der Waals surface area contributed by atoms with E-state index >= 15 is 0 Å². The molecule has 2 aliphatic heterocycles. The van der Waals surface area contributed by atoms with Crippen molar-refractivity contribution in [1.29, 1.82) is 0 Å². The summed E-state index contributed by atoms with van der Waals surface area (Å²) in [6, 6.07) is 9.57. The first-order valence-electron chi connectivity index (χ1n) is 8.89. The van der Waals surface area contributed by atoms with E-state index < -0.39 is 6.10 Å². The zero-order chi connectivity index (χ0) is 18.1. The number of amides is 1. The number of rotatable bonds is 2. The van der Waals surface area contributed by atoms with Gasteiger partial charge in [-0.25, -0.2) is 4.79 Å². The van der Waals surface area contributed by atoms with Crippen molar-refractivity contribution in [2.45, 2.75) is 25.2 Å². The van der Waals surface area contributed by atoms with Gasteiger partial charge in [0.1, 0.15) is 6.61 Å². The van der Waals surface area contributed by atoms with Crippen LogP contribution in [0.15, 0.2) is 53.6 Å². The number of allylic oxidation sites excluding steroid dienone is 2. The lowest BCUT2D eigenvalue weighted by Crippen LogP contribution is -2.55. The van der Waals surface area contributed by atoms with Crippen molar-refractivity contribution in [2.24, 2.45) is 11.3 Å². The van der Waals surface area contributed by atoms with Gasteiger partial charge in [-0.1, -0.05) is 48.0 Å². The lowest BCUT2D eigenvalue weighted by atomic mass is 9.66. The molecule has 3 unspecified atom stereocenters. The molecule has 138 valence electrons. The maximum absolute atomic E-state index is 12.4. The van der Waals surface area contributed by atoms with Crippen LogP contribution in [0.2, 0.25) is 0 Å². The molecule has 26 heavy (non-hydrogen) atoms. The highest BCUT2D eigenvalue weighted by molar-refractivity contribution is 6.31. The van der Waals surface area contributed by atoms with Crippen molar-refractivity contribution < 1.29 is 19.4 Å². The first-order chi connectivity index (χ1) is 12.6. The highest BCUT2D eigenvalue weighted by Crippen LogP contribution is 2.49. The van der Waals surface area contributed by atoms with E-state index in [1.807, 2.05) is 48.6 Å². The van der Waals surface area contributed by atoms with E-state index in [9.17, 15) is 9.90 Å². The number of carbonyl (C=O) groups is 1. The van der Waals surface area contributed by atoms with Crippen LogP contribution >= 0.6 is 11.6 Å². The average molecular weight is 376 g/mol. The van der Waals surface area contributed by atoms with Gasteiger partial charge in [-0.3, -0.25) is 0 Å². The fraction of sp³-hybridized carbons (Fsp3) is 0.450. The fourth-order valence-electron chi connectivity index (χ4n) is 4.16. The van der Waals surface area contributed by atoms with Gasteiger partial charge in [-0.15, -0.1) is 0 Å². The summed E-state index contributed by atoms with van der Waals surface area (Å²) in [6.45, 7) is 1.51. The van der Waals surface area contributed by atoms with Gasteiger partial charge >= 0.3 is 6.09 Å². The van der Waals surface area contributed by atoms with Gasteiger partial charge in [-0.05, 0) is 24.1 Å². The second-order valence-corrected chi connectivity index (χ2v) is 7.63. The molecule has 0 saturated carbocycles. The number of hydrogen-bond acceptors (Lipinski definition) is 4. The molecule has 1 spiro atoms. The Morgan fingerprint density at radius 1 is 1.38 bits per heavy atom. The Bertz CT molecular complexity index is 735. The summed E-state index contributed by atoms with van der Waals surface area (Å²) in [4.78, 5) is 14.0. The summed E-state index contributed by atoms with van der Waals surface area (Å²) < 4.78 is 11.3. The Kier molecular flexibility index (Phi) is 4.78. The maximum atomic E-state index is 12.4. The SMILES string of the molecule is O=C(OCc1ccccc1)N1CCC2(COC3C=C(Cl)C=CC32)[C@@H](O)C1. The Balaban J connectivity index is 1.38. The average Bonchev–Trinajstić information content (AvgIpc) is 3.01. The van der Waals surface area contributed by atoms with Crippen LogP contribution in [0, 0.1) is 11.3 Å². The van der Waals surface area contributed by atoms with Gasteiger partial charge < -0.3 is 19.5 Å². The molecule has 1 N–H and O–H groups in total. The van der Waals surface area contributed by atoms with Gasteiger partial charge in [0.15, 0.2) is 0 Å². The van der Waals surface area contributed by atoms with E-state index in [-0.39, 0.29) is 36.7 Å². The normalized spacial score (nSPS) is 33.1. The third-order valence-electron chi connectivity index (χ3n) is 5.72. The number of aliphatic hydroxyl groups excluding tert-OH is 1. The Morgan fingerprint density at radius 2 is 2.19 bits per heavy atom. The van der Waals surface area contributed by atoms with E-state index in [0.717, 1.165) is 5.56 Å². The largest absolute Gasteiger partial charge is 0.445 e. The minimum Gasteiger partial charge on any atom is -0.445 e. The first-order valence-corrected chi connectivity index (χ1v) is 9.27. The third-order valence-corrected chi connectivity index (χ3v) is 5.97. The standard InChI is InChI=1S/C20H22ClNO4/c21-15-6-7-16-17(10-15)26-13-20(16)8-9-22(11-18(20)23)19(24)25-12-14-4-2-1-3-5-14/h1-7,10,16-18,23H,8-9,11-13H2/t16?,17?,18-,20?/m0/s1. The Hall–Kier alpha value is -1.82. The van der Waals surface area contributed by atoms with Crippen LogP contribution in [0.4, 0.5) is 4.79 Å². The molecule has 0 bridgehead atoms. The molecule has 6 heteroatoms. The minimum absolute atomic E-state index is 0.0856. The molecule has 2 heterocycles. The van der Waals surface area contributed by atoms with Crippen LogP contribution in [0.5, 0.6) is 0 Å². The summed E-state index contributed by atoms with van der Waals surface area (Å²) in [5.41, 5.74) is 0.573. The fourth-order valence-corrected chi connectivity index (χ4v) is 4.36. The topological polar surface area (TPSA) is 59.0 Å². The molecule has 0 aromatic heterocycles. The van der Waals surface area contributed by atoms with Crippen molar-refractivity contribution in [3.63, 3.8) is 0 Å². The van der Waals surface area contributed by atoms with E-state index in [2.05, 4.69) is 0 Å². The van der Waals surface area contributed by atoms with Crippen LogP contribution < -0.4 is 0 Å². The molecule has 1 aliphatic carbocycles. The van der Waals surface area contributed by atoms with Gasteiger partial charge in [0.05, 0.1) is 25.4 Å². The van der Waals surface area contributed by atoms with Crippen molar-refractivity contribution in [2.75, 3.05) is 19.7 Å². The smallest absolute Gasteiger partial charge is 0.410 e. The number of β-amino-alcohol motifs (C(OH)–C–C–N with tert-alkyl or cyclic N) is 1. The zero-order valence-electron chi connectivity index (χ0n) is 14.4. The second kappa shape index (κ2) is 7.06. The van der Waals surface area contributed by atoms with Crippen molar-refractivity contribution in [3.8, 4) is 0 Å². The molecule has 2 fully saturated rings. The molecule has 1 aromatic rings. The van der Waals surface area contributed by atoms with E-state index in [0.29, 0.717) is 24.6 Å². The monoisotopic (exact) mass is 375 g/mol.